The first-order valence-electron chi connectivity index (χ1n) is 4.24. The summed E-state index contributed by atoms with van der Waals surface area (Å²) in [5.41, 5.74) is 1.39. The minimum Gasteiger partial charge on any atom is -0.346 e. The van der Waals surface area contributed by atoms with Crippen molar-refractivity contribution in [3.63, 3.8) is 0 Å². The zero-order chi connectivity index (χ0) is 9.97. The van der Waals surface area contributed by atoms with Crippen LogP contribution >= 0.6 is 15.9 Å². The van der Waals surface area contributed by atoms with Gasteiger partial charge in [-0.05, 0) is 18.2 Å². The Bertz CT molecular complexity index is 380. The number of ether oxygens (including phenoxy) is 2. The van der Waals surface area contributed by atoms with Crippen molar-refractivity contribution in [3.05, 3.63) is 33.8 Å². The molecule has 1 saturated heterocycles. The van der Waals surface area contributed by atoms with Crippen LogP contribution in [0.5, 0.6) is 0 Å². The molecule has 1 heterocycles. The number of halogens is 1. The molecule has 0 aliphatic carbocycles. The van der Waals surface area contributed by atoms with Crippen molar-refractivity contribution in [3.8, 4) is 6.07 Å². The van der Waals surface area contributed by atoms with E-state index in [4.69, 9.17) is 14.7 Å². The van der Waals surface area contributed by atoms with Crippen LogP contribution in [0.4, 0.5) is 0 Å². The summed E-state index contributed by atoms with van der Waals surface area (Å²) in [4.78, 5) is 0. The van der Waals surface area contributed by atoms with Gasteiger partial charge in [-0.3, -0.25) is 0 Å². The Morgan fingerprint density at radius 3 is 2.71 bits per heavy atom. The van der Waals surface area contributed by atoms with Crippen molar-refractivity contribution in [1.29, 1.82) is 5.26 Å². The van der Waals surface area contributed by atoms with Gasteiger partial charge in [-0.15, -0.1) is 0 Å². The molecule has 0 bridgehead atoms. The van der Waals surface area contributed by atoms with Gasteiger partial charge in [-0.1, -0.05) is 15.9 Å². The van der Waals surface area contributed by atoms with E-state index in [-0.39, 0.29) is 6.29 Å². The molecule has 1 aromatic carbocycles. The Balaban J connectivity index is 2.39. The molecule has 72 valence electrons. The van der Waals surface area contributed by atoms with Crippen molar-refractivity contribution >= 4 is 15.9 Å². The van der Waals surface area contributed by atoms with E-state index in [1.54, 1.807) is 6.07 Å². The Kier molecular flexibility index (Phi) is 2.82. The molecule has 0 spiro atoms. The summed E-state index contributed by atoms with van der Waals surface area (Å²) in [6, 6.07) is 7.56. The average molecular weight is 254 g/mol. The molecule has 2 rings (SSSR count). The quantitative estimate of drug-likeness (QED) is 0.772. The number of nitriles is 1. The molecule has 0 unspecified atom stereocenters. The molecule has 1 aromatic rings. The van der Waals surface area contributed by atoms with Gasteiger partial charge in [0.2, 0.25) is 0 Å². The van der Waals surface area contributed by atoms with E-state index < -0.39 is 0 Å². The van der Waals surface area contributed by atoms with Gasteiger partial charge in [0.1, 0.15) is 0 Å². The summed E-state index contributed by atoms with van der Waals surface area (Å²) in [5, 5.41) is 8.89. The van der Waals surface area contributed by atoms with E-state index in [9.17, 15) is 0 Å². The topological polar surface area (TPSA) is 42.2 Å². The van der Waals surface area contributed by atoms with Crippen LogP contribution in [-0.4, -0.2) is 13.2 Å². The highest BCUT2D eigenvalue weighted by Crippen LogP contribution is 2.28. The Morgan fingerprint density at radius 1 is 1.36 bits per heavy atom. The molecule has 0 radical (unpaired) electrons. The van der Waals surface area contributed by atoms with Crippen molar-refractivity contribution < 1.29 is 9.47 Å². The maximum absolute atomic E-state index is 8.89. The Hall–Kier alpha value is -0.890. The predicted octanol–water partition coefficient (Wildman–Crippen LogP) is 2.37. The third-order valence-electron chi connectivity index (χ3n) is 2.01. The molecule has 0 N–H and O–H groups in total. The maximum atomic E-state index is 8.89. The van der Waals surface area contributed by atoms with Gasteiger partial charge < -0.3 is 9.47 Å². The number of benzene rings is 1. The van der Waals surface area contributed by atoms with Gasteiger partial charge in [0.15, 0.2) is 6.29 Å². The van der Waals surface area contributed by atoms with Crippen molar-refractivity contribution in [2.24, 2.45) is 0 Å². The highest BCUT2D eigenvalue weighted by atomic mass is 79.9. The fraction of sp³-hybridized carbons (Fsp3) is 0.300. The van der Waals surface area contributed by atoms with Gasteiger partial charge in [0.05, 0.1) is 24.8 Å². The van der Waals surface area contributed by atoms with Crippen LogP contribution in [0, 0.1) is 11.3 Å². The van der Waals surface area contributed by atoms with E-state index in [0.717, 1.165) is 10.0 Å². The van der Waals surface area contributed by atoms with Crippen LogP contribution in [0.25, 0.3) is 0 Å². The number of hydrogen-bond donors (Lipinski definition) is 0. The molecule has 0 aromatic heterocycles. The van der Waals surface area contributed by atoms with Crippen LogP contribution in [0.3, 0.4) is 0 Å². The largest absolute Gasteiger partial charge is 0.346 e. The summed E-state index contributed by atoms with van der Waals surface area (Å²) in [5.74, 6) is 0. The zero-order valence-electron chi connectivity index (χ0n) is 7.37. The smallest absolute Gasteiger partial charge is 0.185 e. The first-order valence-corrected chi connectivity index (χ1v) is 5.03. The standard InChI is InChI=1S/C10H8BrNO2/c11-8-2-1-7(6-12)9(5-8)10-13-3-4-14-10/h1-2,5,10H,3-4H2. The van der Waals surface area contributed by atoms with Crippen LogP contribution in [-0.2, 0) is 9.47 Å². The van der Waals surface area contributed by atoms with E-state index >= 15 is 0 Å². The average Bonchev–Trinajstić information content (AvgIpc) is 2.70. The number of hydrogen-bond acceptors (Lipinski definition) is 3. The van der Waals surface area contributed by atoms with Gasteiger partial charge in [-0.2, -0.15) is 5.26 Å². The Labute approximate surface area is 90.4 Å². The Morgan fingerprint density at radius 2 is 2.07 bits per heavy atom. The lowest BCUT2D eigenvalue weighted by molar-refractivity contribution is -0.0443. The molecule has 14 heavy (non-hydrogen) atoms. The van der Waals surface area contributed by atoms with Crippen LogP contribution in [0.1, 0.15) is 17.4 Å². The molecule has 0 saturated carbocycles. The number of rotatable bonds is 1. The van der Waals surface area contributed by atoms with Crippen LogP contribution in [0.2, 0.25) is 0 Å². The molecular weight excluding hydrogens is 246 g/mol. The van der Waals surface area contributed by atoms with Crippen molar-refractivity contribution in [2.75, 3.05) is 13.2 Å². The second kappa shape index (κ2) is 4.09. The normalized spacial score (nSPS) is 16.9. The summed E-state index contributed by atoms with van der Waals surface area (Å²) >= 11 is 3.35. The first-order chi connectivity index (χ1) is 6.81. The lowest BCUT2D eigenvalue weighted by Gasteiger charge is -2.10. The third-order valence-corrected chi connectivity index (χ3v) is 2.50. The molecule has 1 aliphatic heterocycles. The zero-order valence-corrected chi connectivity index (χ0v) is 8.95. The first kappa shape index (κ1) is 9.66. The fourth-order valence-electron chi connectivity index (χ4n) is 1.37. The predicted molar refractivity (Wildman–Crippen MR) is 53.5 cm³/mol. The van der Waals surface area contributed by atoms with Crippen molar-refractivity contribution in [2.45, 2.75) is 6.29 Å². The summed E-state index contributed by atoms with van der Waals surface area (Å²) in [7, 11) is 0. The summed E-state index contributed by atoms with van der Waals surface area (Å²) in [6.45, 7) is 1.17. The van der Waals surface area contributed by atoms with Gasteiger partial charge in [0, 0.05) is 10.0 Å². The van der Waals surface area contributed by atoms with Crippen LogP contribution in [0.15, 0.2) is 22.7 Å². The van der Waals surface area contributed by atoms with Gasteiger partial charge >= 0.3 is 0 Å². The van der Waals surface area contributed by atoms with E-state index in [0.29, 0.717) is 18.8 Å². The minimum absolute atomic E-state index is 0.387. The molecule has 1 aliphatic rings. The molecule has 0 amide bonds. The number of nitrogens with zero attached hydrogens (tertiary/aromatic N) is 1. The highest BCUT2D eigenvalue weighted by molar-refractivity contribution is 9.10. The highest BCUT2D eigenvalue weighted by Gasteiger charge is 2.21. The molecule has 4 heteroatoms. The van der Waals surface area contributed by atoms with Crippen molar-refractivity contribution in [1.82, 2.24) is 0 Å². The lowest BCUT2D eigenvalue weighted by Crippen LogP contribution is -2.00. The maximum Gasteiger partial charge on any atom is 0.185 e. The summed E-state index contributed by atoms with van der Waals surface area (Å²) < 4.78 is 11.6. The van der Waals surface area contributed by atoms with E-state index in [1.807, 2.05) is 12.1 Å². The second-order valence-corrected chi connectivity index (χ2v) is 3.83. The molecule has 0 atom stereocenters. The fourth-order valence-corrected chi connectivity index (χ4v) is 1.75. The van der Waals surface area contributed by atoms with E-state index in [2.05, 4.69) is 22.0 Å². The van der Waals surface area contributed by atoms with E-state index in [1.165, 1.54) is 0 Å². The van der Waals surface area contributed by atoms with Gasteiger partial charge in [-0.25, -0.2) is 0 Å². The summed E-state index contributed by atoms with van der Waals surface area (Å²) in [6.07, 6.45) is -0.387. The lowest BCUT2D eigenvalue weighted by atomic mass is 10.1. The van der Waals surface area contributed by atoms with Gasteiger partial charge in [0.25, 0.3) is 0 Å². The SMILES string of the molecule is N#Cc1ccc(Br)cc1C1OCCO1. The van der Waals surface area contributed by atoms with Crippen LogP contribution < -0.4 is 0 Å². The second-order valence-electron chi connectivity index (χ2n) is 2.92. The molecule has 3 nitrogen and oxygen atoms in total. The molecular formula is C10H8BrNO2. The molecule has 1 fully saturated rings. The monoisotopic (exact) mass is 253 g/mol. The third kappa shape index (κ3) is 1.80. The minimum atomic E-state index is -0.387.